The van der Waals surface area contributed by atoms with Gasteiger partial charge in [-0.3, -0.25) is 4.79 Å². The Balaban J connectivity index is 2.67. The van der Waals surface area contributed by atoms with Crippen molar-refractivity contribution < 1.29 is 4.74 Å². The van der Waals surface area contributed by atoms with Crippen LogP contribution >= 0.6 is 0 Å². The summed E-state index contributed by atoms with van der Waals surface area (Å²) in [7, 11) is 0. The van der Waals surface area contributed by atoms with E-state index in [1.54, 1.807) is 0 Å². The zero-order chi connectivity index (χ0) is 10.4. The van der Waals surface area contributed by atoms with Gasteiger partial charge in [-0.2, -0.15) is 0 Å². The predicted octanol–water partition coefficient (Wildman–Crippen LogP) is 1.26. The van der Waals surface area contributed by atoms with Crippen molar-refractivity contribution in [3.63, 3.8) is 0 Å². The maximum atomic E-state index is 11.2. The molecule has 0 bridgehead atoms. The van der Waals surface area contributed by atoms with Gasteiger partial charge in [-0.05, 0) is 12.8 Å². The number of nitrogens with one attached hydrogen (secondary N) is 1. The molecule has 0 radical (unpaired) electrons. The van der Waals surface area contributed by atoms with Crippen molar-refractivity contribution in [2.45, 2.75) is 33.3 Å². The molecule has 0 saturated carbocycles. The third-order valence-electron chi connectivity index (χ3n) is 1.79. The van der Waals surface area contributed by atoms with E-state index in [0.717, 1.165) is 18.5 Å². The normalized spacial score (nSPS) is 10.4. The zero-order valence-electron chi connectivity index (χ0n) is 8.67. The van der Waals surface area contributed by atoms with Crippen LogP contribution in [0.4, 0.5) is 0 Å². The summed E-state index contributed by atoms with van der Waals surface area (Å²) in [4.78, 5) is 18.0. The molecule has 0 unspecified atom stereocenters. The van der Waals surface area contributed by atoms with E-state index in [1.165, 1.54) is 6.07 Å². The molecular formula is C10H16N2O2. The average Bonchev–Trinajstić information content (AvgIpc) is 2.17. The fraction of sp³-hybridized carbons (Fsp3) is 0.600. The van der Waals surface area contributed by atoms with Gasteiger partial charge in [0.2, 0.25) is 0 Å². The molecule has 1 N–H and O–H groups in total. The van der Waals surface area contributed by atoms with E-state index in [2.05, 4.69) is 9.97 Å². The van der Waals surface area contributed by atoms with Crippen LogP contribution in [0.3, 0.4) is 0 Å². The molecule has 0 saturated heterocycles. The van der Waals surface area contributed by atoms with Crippen molar-refractivity contribution in [3.8, 4) is 0 Å². The highest BCUT2D eigenvalue weighted by Gasteiger charge is 1.99. The molecule has 0 spiro atoms. The number of hydrogen-bond donors (Lipinski definition) is 1. The molecule has 0 amide bonds. The summed E-state index contributed by atoms with van der Waals surface area (Å²) < 4.78 is 5.29. The van der Waals surface area contributed by atoms with Crippen molar-refractivity contribution in [2.24, 2.45) is 0 Å². The summed E-state index contributed by atoms with van der Waals surface area (Å²) in [6.45, 7) is 5.09. The molecule has 14 heavy (non-hydrogen) atoms. The first-order valence-corrected chi connectivity index (χ1v) is 4.93. The lowest BCUT2D eigenvalue weighted by Gasteiger charge is -2.03. The second-order valence-electron chi connectivity index (χ2n) is 3.09. The van der Waals surface area contributed by atoms with Gasteiger partial charge in [-0.1, -0.05) is 13.8 Å². The second-order valence-corrected chi connectivity index (χ2v) is 3.09. The molecule has 1 aromatic heterocycles. The monoisotopic (exact) mass is 196 g/mol. The highest BCUT2D eigenvalue weighted by Crippen LogP contribution is 1.95. The molecule has 4 nitrogen and oxygen atoms in total. The number of hydrogen-bond acceptors (Lipinski definition) is 3. The van der Waals surface area contributed by atoms with Crippen LogP contribution in [0, 0.1) is 0 Å². The molecule has 0 fully saturated rings. The number of aryl methyl sites for hydroxylation is 1. The Labute approximate surface area is 83.3 Å². The molecule has 0 aliphatic carbocycles. The number of aromatic amines is 1. The van der Waals surface area contributed by atoms with Gasteiger partial charge in [-0.15, -0.1) is 0 Å². The maximum absolute atomic E-state index is 11.2. The van der Waals surface area contributed by atoms with Crippen LogP contribution in [0.1, 0.15) is 31.8 Å². The van der Waals surface area contributed by atoms with Crippen LogP contribution < -0.4 is 5.56 Å². The van der Waals surface area contributed by atoms with Crippen molar-refractivity contribution in [1.29, 1.82) is 0 Å². The maximum Gasteiger partial charge on any atom is 0.251 e. The van der Waals surface area contributed by atoms with Crippen molar-refractivity contribution in [3.05, 3.63) is 27.9 Å². The Kier molecular flexibility index (Phi) is 4.32. The Bertz CT molecular complexity index is 333. The van der Waals surface area contributed by atoms with Gasteiger partial charge in [0, 0.05) is 18.4 Å². The largest absolute Gasteiger partial charge is 0.374 e. The summed E-state index contributed by atoms with van der Waals surface area (Å²) in [5.74, 6) is 0.614. The molecule has 0 aromatic carbocycles. The van der Waals surface area contributed by atoms with E-state index in [-0.39, 0.29) is 5.56 Å². The summed E-state index contributed by atoms with van der Waals surface area (Å²) in [6, 6.07) is 1.52. The minimum absolute atomic E-state index is 0.105. The van der Waals surface area contributed by atoms with Crippen LogP contribution in [0.2, 0.25) is 0 Å². The quantitative estimate of drug-likeness (QED) is 0.721. The standard InChI is InChI=1S/C10H16N2O2/c1-3-5-14-7-9-11-8(4-2)6-10(13)12-9/h6H,3-5,7H2,1-2H3,(H,11,12,13). The highest BCUT2D eigenvalue weighted by molar-refractivity contribution is 5.01. The number of rotatable bonds is 5. The first-order chi connectivity index (χ1) is 6.76. The second kappa shape index (κ2) is 5.54. The molecule has 0 aliphatic heterocycles. The van der Waals surface area contributed by atoms with Gasteiger partial charge >= 0.3 is 0 Å². The summed E-state index contributed by atoms with van der Waals surface area (Å²) in [6.07, 6.45) is 1.74. The minimum atomic E-state index is -0.105. The molecule has 1 heterocycles. The molecule has 0 aliphatic rings. The first kappa shape index (κ1) is 10.9. The average molecular weight is 196 g/mol. The topological polar surface area (TPSA) is 55.0 Å². The lowest BCUT2D eigenvalue weighted by Crippen LogP contribution is -2.13. The van der Waals surface area contributed by atoms with Gasteiger partial charge in [0.25, 0.3) is 5.56 Å². The lowest BCUT2D eigenvalue weighted by atomic mass is 10.3. The fourth-order valence-electron chi connectivity index (χ4n) is 1.13. The zero-order valence-corrected chi connectivity index (χ0v) is 8.67. The van der Waals surface area contributed by atoms with Gasteiger partial charge < -0.3 is 9.72 Å². The van der Waals surface area contributed by atoms with E-state index >= 15 is 0 Å². The molecule has 4 heteroatoms. The van der Waals surface area contributed by atoms with E-state index < -0.39 is 0 Å². The Morgan fingerprint density at radius 2 is 2.29 bits per heavy atom. The lowest BCUT2D eigenvalue weighted by molar-refractivity contribution is 0.115. The van der Waals surface area contributed by atoms with Crippen LogP contribution in [0.15, 0.2) is 10.9 Å². The molecule has 0 atom stereocenters. The van der Waals surface area contributed by atoms with Gasteiger partial charge in [0.15, 0.2) is 0 Å². The van der Waals surface area contributed by atoms with Gasteiger partial charge in [0.1, 0.15) is 12.4 Å². The van der Waals surface area contributed by atoms with Crippen LogP contribution in [-0.4, -0.2) is 16.6 Å². The van der Waals surface area contributed by atoms with E-state index in [4.69, 9.17) is 4.74 Å². The SMILES string of the molecule is CCCOCc1nc(CC)cc(=O)[nH]1. The number of ether oxygens (including phenoxy) is 1. The number of aromatic nitrogens is 2. The summed E-state index contributed by atoms with van der Waals surface area (Å²) in [5.41, 5.74) is 0.704. The number of nitrogens with zero attached hydrogens (tertiary/aromatic N) is 1. The van der Waals surface area contributed by atoms with E-state index in [9.17, 15) is 4.79 Å². The summed E-state index contributed by atoms with van der Waals surface area (Å²) in [5, 5.41) is 0. The smallest absolute Gasteiger partial charge is 0.251 e. The van der Waals surface area contributed by atoms with Crippen LogP contribution in [0.25, 0.3) is 0 Å². The Morgan fingerprint density at radius 3 is 2.93 bits per heavy atom. The van der Waals surface area contributed by atoms with Gasteiger partial charge in [-0.25, -0.2) is 4.98 Å². The Hall–Kier alpha value is -1.16. The summed E-state index contributed by atoms with van der Waals surface area (Å²) >= 11 is 0. The van der Waals surface area contributed by atoms with E-state index in [0.29, 0.717) is 19.0 Å². The predicted molar refractivity (Wildman–Crippen MR) is 54.2 cm³/mol. The van der Waals surface area contributed by atoms with Gasteiger partial charge in [0.05, 0.1) is 0 Å². The molecule has 78 valence electrons. The third kappa shape index (κ3) is 3.30. The van der Waals surface area contributed by atoms with Crippen molar-refractivity contribution >= 4 is 0 Å². The molecule has 1 aromatic rings. The van der Waals surface area contributed by atoms with E-state index in [1.807, 2.05) is 13.8 Å². The van der Waals surface area contributed by atoms with Crippen molar-refractivity contribution in [1.82, 2.24) is 9.97 Å². The van der Waals surface area contributed by atoms with Crippen molar-refractivity contribution in [2.75, 3.05) is 6.61 Å². The minimum Gasteiger partial charge on any atom is -0.374 e. The molecular weight excluding hydrogens is 180 g/mol. The third-order valence-corrected chi connectivity index (χ3v) is 1.79. The highest BCUT2D eigenvalue weighted by atomic mass is 16.5. The first-order valence-electron chi connectivity index (χ1n) is 4.93. The number of H-pyrrole nitrogens is 1. The molecule has 1 rings (SSSR count). The van der Waals surface area contributed by atoms with Crippen LogP contribution in [-0.2, 0) is 17.8 Å². The fourth-order valence-corrected chi connectivity index (χ4v) is 1.13. The Morgan fingerprint density at radius 1 is 1.50 bits per heavy atom. The van der Waals surface area contributed by atoms with Crippen LogP contribution in [0.5, 0.6) is 0 Å².